The smallest absolute Gasteiger partial charge is 0.0546 e. The van der Waals surface area contributed by atoms with E-state index in [9.17, 15) is 0 Å². The minimum atomic E-state index is 1.06. The first-order valence-corrected chi connectivity index (χ1v) is 50.2. The molecule has 0 amide bonds. The molecule has 0 aliphatic rings. The molecule has 0 N–H and O–H groups in total. The van der Waals surface area contributed by atoms with Crippen molar-refractivity contribution in [2.24, 2.45) is 0 Å². The van der Waals surface area contributed by atoms with Gasteiger partial charge in [-0.25, -0.2) is 0 Å². The van der Waals surface area contributed by atoms with Crippen LogP contribution < -0.4 is 19.6 Å². The zero-order valence-corrected chi connectivity index (χ0v) is 79.2. The highest BCUT2D eigenvalue weighted by molar-refractivity contribution is 7.27. The third-order valence-electron chi connectivity index (χ3n) is 28.2. The summed E-state index contributed by atoms with van der Waals surface area (Å²) in [4.78, 5) is 9.62. The van der Waals surface area contributed by atoms with Gasteiger partial charge in [0.15, 0.2) is 0 Å². The van der Waals surface area contributed by atoms with E-state index in [1.807, 2.05) is 22.7 Å². The van der Waals surface area contributed by atoms with Gasteiger partial charge in [0, 0.05) is 108 Å². The molecule has 0 bridgehead atoms. The van der Waals surface area contributed by atoms with Gasteiger partial charge in [0.25, 0.3) is 0 Å². The highest BCUT2D eigenvalue weighted by atomic mass is 32.1. The lowest BCUT2D eigenvalue weighted by molar-refractivity contribution is 1.27. The fourth-order valence-corrected chi connectivity index (χ4v) is 23.9. The van der Waals surface area contributed by atoms with Gasteiger partial charge >= 0.3 is 0 Å². The number of hydrogen-bond acceptors (Lipinski definition) is 6. The number of fused-ring (bicyclic) bond motifs is 17. The largest absolute Gasteiger partial charge is 0.310 e. The van der Waals surface area contributed by atoms with E-state index in [0.717, 1.165) is 90.5 Å². The van der Waals surface area contributed by atoms with Crippen molar-refractivity contribution in [1.82, 2.24) is 0 Å². The fraction of sp³-hybridized carbons (Fsp3) is 0. The normalized spacial score (nSPS) is 11.5. The lowest BCUT2D eigenvalue weighted by Crippen LogP contribution is -2.12. The molecule has 0 unspecified atom stereocenters. The third-order valence-corrected chi connectivity index (χ3v) is 30.5. The average molecular weight is 1840 g/mol. The maximum atomic E-state index is 2.50. The molecule has 0 saturated heterocycles. The summed E-state index contributed by atoms with van der Waals surface area (Å²) in [6.07, 6.45) is 0. The lowest BCUT2D eigenvalue weighted by atomic mass is 9.94. The van der Waals surface area contributed by atoms with Crippen LogP contribution >= 0.6 is 22.7 Å². The fourth-order valence-electron chi connectivity index (χ4n) is 21.5. The highest BCUT2D eigenvalue weighted by Crippen LogP contribution is 2.52. The molecular weight excluding hydrogens is 1750 g/mol. The molecule has 0 aliphatic heterocycles. The first-order chi connectivity index (χ1) is 70.4. The second-order valence-electron chi connectivity index (χ2n) is 36.5. The van der Waals surface area contributed by atoms with E-state index in [1.165, 1.54) is 160 Å². The maximum absolute atomic E-state index is 2.50. The van der Waals surface area contributed by atoms with Crippen LogP contribution in [0.25, 0.3) is 183 Å². The number of para-hydroxylation sites is 5. The van der Waals surface area contributed by atoms with E-state index in [-0.39, 0.29) is 0 Å². The summed E-state index contributed by atoms with van der Waals surface area (Å²) in [6, 6.07) is 200. The van der Waals surface area contributed by atoms with Crippen LogP contribution in [0.3, 0.4) is 0 Å². The van der Waals surface area contributed by atoms with Crippen molar-refractivity contribution in [2.45, 2.75) is 0 Å². The monoisotopic (exact) mass is 1840 g/mol. The molecule has 0 saturated carbocycles. The van der Waals surface area contributed by atoms with Gasteiger partial charge in [0.05, 0.1) is 17.1 Å². The van der Waals surface area contributed by atoms with Crippen molar-refractivity contribution in [3.8, 4) is 66.8 Å². The number of benzene rings is 25. The number of thiophene rings is 2. The molecule has 0 radical (unpaired) electrons. The summed E-state index contributed by atoms with van der Waals surface area (Å²) in [5.74, 6) is 0. The van der Waals surface area contributed by atoms with E-state index >= 15 is 0 Å². The van der Waals surface area contributed by atoms with Crippen LogP contribution in [0.5, 0.6) is 0 Å². The molecule has 27 aromatic rings. The Morgan fingerprint density at radius 2 is 0.458 bits per heavy atom. The van der Waals surface area contributed by atoms with Gasteiger partial charge in [-0.2, -0.15) is 0 Å². The molecule has 0 fully saturated rings. The zero-order valence-electron chi connectivity index (χ0n) is 77.6. The van der Waals surface area contributed by atoms with Gasteiger partial charge in [-0.15, -0.1) is 22.7 Å². The van der Waals surface area contributed by atoms with Crippen molar-refractivity contribution in [1.29, 1.82) is 0 Å². The van der Waals surface area contributed by atoms with Gasteiger partial charge in [0.1, 0.15) is 0 Å². The minimum absolute atomic E-state index is 1.06. The van der Waals surface area contributed by atoms with Gasteiger partial charge in [-0.1, -0.05) is 382 Å². The van der Waals surface area contributed by atoms with E-state index in [2.05, 4.69) is 566 Å². The van der Waals surface area contributed by atoms with E-state index in [4.69, 9.17) is 0 Å². The van der Waals surface area contributed by atoms with Gasteiger partial charge in [-0.3, -0.25) is 0 Å². The van der Waals surface area contributed by atoms with E-state index < -0.39 is 0 Å². The molecule has 2 aromatic heterocycles. The molecule has 0 aliphatic carbocycles. The predicted octanol–water partition coefficient (Wildman–Crippen LogP) is 40.1. The average Bonchev–Trinajstić information content (AvgIpc) is 1.45. The molecule has 0 atom stereocenters. The summed E-state index contributed by atoms with van der Waals surface area (Å²) in [5.41, 5.74) is 27.4. The first-order valence-electron chi connectivity index (χ1n) is 48.6. The molecule has 27 rings (SSSR count). The number of anilines is 12. The number of nitrogens with zero attached hydrogens (tertiary/aromatic N) is 4. The molecule has 2 heterocycles. The van der Waals surface area contributed by atoms with E-state index in [1.54, 1.807) is 0 Å². The quantitative estimate of drug-likeness (QED) is 0.0794. The Morgan fingerprint density at radius 3 is 1.04 bits per heavy atom. The summed E-state index contributed by atoms with van der Waals surface area (Å²) in [5, 5.41) is 22.5. The van der Waals surface area contributed by atoms with Crippen LogP contribution in [-0.4, -0.2) is 0 Å². The van der Waals surface area contributed by atoms with Crippen LogP contribution in [0.4, 0.5) is 68.2 Å². The standard InChI is InChI=1S/C88H56N2S.C48H34N2S/c1-2-17-57(18-3-1)61-41-49-76-67(51-61)35-36-68-54-72(47-50-77(68)76)89(69-43-37-58(38-44-69)62-42-48-75-66(52-62)34-33-59-19-4-7-24-73(59)75)71-23-16-22-63(53-71)78-26-12-14-31-84(78)90(85-56-65-21-5-8-25-74(65)80-28-10-11-29-81(80)85)70-45-39-60(40-46-70)83-55-64-20-6-9-27-79(64)88-87(83)82-30-13-15-32-86(82)91-88;1-4-17-37(18-5-1)49(40-32-30-35(31-33-40)43-26-15-29-47-48(43)44-25-11-13-28-46(44)51-47)41-23-14-16-36(34-41)42-24-10-12-27-45(42)50(38-19-6-2-7-20-38)39-21-8-3-9-22-39/h1-56H;1-34H. The molecule has 0 spiro atoms. The highest BCUT2D eigenvalue weighted by Gasteiger charge is 2.27. The molecule has 142 heavy (non-hydrogen) atoms. The van der Waals surface area contributed by atoms with Crippen molar-refractivity contribution in [3.63, 3.8) is 0 Å². The third kappa shape index (κ3) is 15.5. The Balaban J connectivity index is 0.000000171. The topological polar surface area (TPSA) is 13.0 Å². The van der Waals surface area contributed by atoms with Crippen LogP contribution in [0.2, 0.25) is 0 Å². The van der Waals surface area contributed by atoms with Gasteiger partial charge < -0.3 is 19.6 Å². The second kappa shape index (κ2) is 36.5. The SMILES string of the molecule is c1ccc(-c2ccc3c(ccc4cc(N(c5ccc(-c6ccc7c(ccc8ccccc87)c6)cc5)c5cccc(-c6ccccc6N(c6ccc(-c7cc8ccccc8c8sc9ccccc9c78)cc6)c6cc7ccccc7c7ccccc67)c5)ccc43)c2)cc1.c1ccc(N(c2ccc(-c3cccc4sc5ccccc5c34)cc2)c2cccc(-c3ccccc3N(c3ccccc3)c3ccccc3)c2)cc1. The van der Waals surface area contributed by atoms with Crippen molar-refractivity contribution < 1.29 is 0 Å². The van der Waals surface area contributed by atoms with Crippen LogP contribution in [-0.2, 0) is 0 Å². The number of rotatable bonds is 18. The summed E-state index contributed by atoms with van der Waals surface area (Å²) >= 11 is 3.75. The Hall–Kier alpha value is -18.0. The van der Waals surface area contributed by atoms with Crippen molar-refractivity contribution >= 4 is 207 Å². The molecule has 25 aromatic carbocycles. The predicted molar refractivity (Wildman–Crippen MR) is 613 cm³/mol. The first kappa shape index (κ1) is 84.5. The summed E-state index contributed by atoms with van der Waals surface area (Å²) < 4.78 is 5.28. The van der Waals surface area contributed by atoms with Gasteiger partial charge in [0.2, 0.25) is 0 Å². The lowest BCUT2D eigenvalue weighted by Gasteiger charge is -2.30. The number of hydrogen-bond donors (Lipinski definition) is 0. The zero-order chi connectivity index (χ0) is 93.9. The molecule has 4 nitrogen and oxygen atoms in total. The molecular formula is C136H90N4S2. The second-order valence-corrected chi connectivity index (χ2v) is 38.6. The van der Waals surface area contributed by atoms with Crippen LogP contribution in [0, 0.1) is 0 Å². The minimum Gasteiger partial charge on any atom is -0.310 e. The Kier molecular flexibility index (Phi) is 21.7. The van der Waals surface area contributed by atoms with Crippen molar-refractivity contribution in [3.05, 3.63) is 546 Å². The Morgan fingerprint density at radius 1 is 0.127 bits per heavy atom. The van der Waals surface area contributed by atoms with Crippen molar-refractivity contribution in [2.75, 3.05) is 19.6 Å². The molecule has 666 valence electrons. The molecule has 6 heteroatoms. The van der Waals surface area contributed by atoms with Crippen LogP contribution in [0.1, 0.15) is 0 Å². The van der Waals surface area contributed by atoms with Gasteiger partial charge in [-0.05, 0) is 289 Å². The summed E-state index contributed by atoms with van der Waals surface area (Å²) in [7, 11) is 0. The summed E-state index contributed by atoms with van der Waals surface area (Å²) in [6.45, 7) is 0. The van der Waals surface area contributed by atoms with E-state index in [0.29, 0.717) is 0 Å². The van der Waals surface area contributed by atoms with Crippen LogP contribution in [0.15, 0.2) is 546 Å². The maximum Gasteiger partial charge on any atom is 0.0546 e. The Bertz CT molecular complexity index is 9450. The Labute approximate surface area is 832 Å².